The third kappa shape index (κ3) is 7.44. The van der Waals surface area contributed by atoms with E-state index in [4.69, 9.17) is 11.6 Å². The van der Waals surface area contributed by atoms with Crippen molar-refractivity contribution in [3.05, 3.63) is 105 Å². The van der Waals surface area contributed by atoms with Crippen LogP contribution < -0.4 is 5.32 Å². The molecule has 2 amide bonds. The highest BCUT2D eigenvalue weighted by atomic mass is 79.9. The molecule has 0 aromatic heterocycles. The summed E-state index contributed by atoms with van der Waals surface area (Å²) < 4.78 is 0.957. The maximum absolute atomic E-state index is 13.6. The van der Waals surface area contributed by atoms with Gasteiger partial charge in [0.05, 0.1) is 6.42 Å². The lowest BCUT2D eigenvalue weighted by molar-refractivity contribution is -0.141. The second-order valence-electron chi connectivity index (χ2n) is 8.29. The summed E-state index contributed by atoms with van der Waals surface area (Å²) in [4.78, 5) is 28.6. The second kappa shape index (κ2) is 12.0. The van der Waals surface area contributed by atoms with Crippen LogP contribution in [-0.2, 0) is 29.0 Å². The average molecular weight is 528 g/mol. The Morgan fingerprint density at radius 1 is 0.909 bits per heavy atom. The molecule has 33 heavy (non-hydrogen) atoms. The fourth-order valence-electron chi connectivity index (χ4n) is 3.63. The number of halogens is 2. The third-order valence-electron chi connectivity index (χ3n) is 5.27. The Kier molecular flexibility index (Phi) is 9.10. The lowest BCUT2D eigenvalue weighted by Gasteiger charge is -2.32. The average Bonchev–Trinajstić information content (AvgIpc) is 2.79. The van der Waals surface area contributed by atoms with Crippen LogP contribution in [0.3, 0.4) is 0 Å². The fraction of sp³-hybridized carbons (Fsp3) is 0.259. The molecule has 3 rings (SSSR count). The van der Waals surface area contributed by atoms with Crippen LogP contribution in [-0.4, -0.2) is 28.8 Å². The van der Waals surface area contributed by atoms with Gasteiger partial charge in [-0.25, -0.2) is 0 Å². The molecule has 3 aromatic rings. The van der Waals surface area contributed by atoms with Gasteiger partial charge in [0.25, 0.3) is 0 Å². The van der Waals surface area contributed by atoms with Crippen LogP contribution in [0.25, 0.3) is 0 Å². The zero-order valence-electron chi connectivity index (χ0n) is 18.8. The van der Waals surface area contributed by atoms with Crippen LogP contribution in [0.1, 0.15) is 30.5 Å². The molecule has 0 aliphatic rings. The minimum Gasteiger partial charge on any atom is -0.352 e. The summed E-state index contributed by atoms with van der Waals surface area (Å²) in [6, 6.07) is 24.2. The minimum absolute atomic E-state index is 0.0380. The van der Waals surface area contributed by atoms with Crippen molar-refractivity contribution in [2.45, 2.75) is 45.3 Å². The van der Waals surface area contributed by atoms with Crippen LogP contribution in [0, 0.1) is 0 Å². The number of hydrogen-bond donors (Lipinski definition) is 1. The van der Waals surface area contributed by atoms with Gasteiger partial charge in [0.2, 0.25) is 11.8 Å². The van der Waals surface area contributed by atoms with Crippen LogP contribution in [0.5, 0.6) is 0 Å². The van der Waals surface area contributed by atoms with Gasteiger partial charge in [-0.2, -0.15) is 0 Å². The number of carbonyl (C=O) groups excluding carboxylic acids is 2. The van der Waals surface area contributed by atoms with Crippen molar-refractivity contribution >= 4 is 39.3 Å². The molecule has 0 saturated carbocycles. The highest BCUT2D eigenvalue weighted by Crippen LogP contribution is 2.21. The first kappa shape index (κ1) is 25.0. The Morgan fingerprint density at radius 3 is 2.18 bits per heavy atom. The Labute approximate surface area is 209 Å². The summed E-state index contributed by atoms with van der Waals surface area (Å²) in [5.74, 6) is -0.315. The van der Waals surface area contributed by atoms with Crippen molar-refractivity contribution in [3.8, 4) is 0 Å². The van der Waals surface area contributed by atoms with Gasteiger partial charge in [0, 0.05) is 28.5 Å². The van der Waals surface area contributed by atoms with E-state index in [0.29, 0.717) is 18.0 Å². The molecule has 0 bridgehead atoms. The van der Waals surface area contributed by atoms with Gasteiger partial charge in [-0.3, -0.25) is 9.59 Å². The molecule has 172 valence electrons. The summed E-state index contributed by atoms with van der Waals surface area (Å²) in [6.07, 6.45) is 0.542. The topological polar surface area (TPSA) is 49.4 Å². The number of rotatable bonds is 9. The molecular weight excluding hydrogens is 500 g/mol. The maximum Gasteiger partial charge on any atom is 0.243 e. The van der Waals surface area contributed by atoms with Crippen LogP contribution in [0.15, 0.2) is 83.3 Å². The van der Waals surface area contributed by atoms with Gasteiger partial charge in [0.15, 0.2) is 0 Å². The van der Waals surface area contributed by atoms with Crippen LogP contribution in [0.4, 0.5) is 0 Å². The predicted molar refractivity (Wildman–Crippen MR) is 137 cm³/mol. The van der Waals surface area contributed by atoms with E-state index in [0.717, 1.165) is 21.2 Å². The quantitative estimate of drug-likeness (QED) is 0.382. The van der Waals surface area contributed by atoms with Gasteiger partial charge >= 0.3 is 0 Å². The number of carbonyl (C=O) groups is 2. The molecule has 6 heteroatoms. The molecule has 3 aromatic carbocycles. The molecule has 0 saturated heterocycles. The Hall–Kier alpha value is -2.63. The summed E-state index contributed by atoms with van der Waals surface area (Å²) >= 11 is 9.79. The van der Waals surface area contributed by atoms with Crippen molar-refractivity contribution in [1.29, 1.82) is 0 Å². The molecule has 0 fully saturated rings. The molecule has 0 unspecified atom stereocenters. The Morgan fingerprint density at radius 2 is 1.55 bits per heavy atom. The number of benzene rings is 3. The standard InChI is InChI=1S/C27H28BrClN2O2/c1-19(2)30-27(33)25(16-20-8-4-3-5-9-20)31(18-21-12-14-23(28)15-13-21)26(32)17-22-10-6-7-11-24(22)29/h3-15,19,25H,16-18H2,1-2H3,(H,30,33)/t25-/m0/s1. The second-order valence-corrected chi connectivity index (χ2v) is 9.61. The Balaban J connectivity index is 1.97. The van der Waals surface area contributed by atoms with Crippen molar-refractivity contribution in [2.75, 3.05) is 0 Å². The first-order chi connectivity index (χ1) is 15.8. The van der Waals surface area contributed by atoms with Gasteiger partial charge < -0.3 is 10.2 Å². The molecule has 1 atom stereocenters. The normalized spacial score (nSPS) is 11.8. The molecule has 1 N–H and O–H groups in total. The lowest BCUT2D eigenvalue weighted by Crippen LogP contribution is -2.52. The number of hydrogen-bond acceptors (Lipinski definition) is 2. The van der Waals surface area contributed by atoms with Crippen molar-refractivity contribution in [1.82, 2.24) is 10.2 Å². The predicted octanol–water partition coefficient (Wildman–Crippen LogP) is 5.81. The van der Waals surface area contributed by atoms with Crippen molar-refractivity contribution in [2.24, 2.45) is 0 Å². The zero-order valence-corrected chi connectivity index (χ0v) is 21.1. The first-order valence-corrected chi connectivity index (χ1v) is 12.1. The van der Waals surface area contributed by atoms with E-state index in [2.05, 4.69) is 21.2 Å². The van der Waals surface area contributed by atoms with Crippen molar-refractivity contribution in [3.63, 3.8) is 0 Å². The molecule has 0 heterocycles. The highest BCUT2D eigenvalue weighted by Gasteiger charge is 2.31. The van der Waals surface area contributed by atoms with Crippen molar-refractivity contribution < 1.29 is 9.59 Å². The van der Waals surface area contributed by atoms with E-state index in [1.165, 1.54) is 0 Å². The Bertz CT molecular complexity index is 1070. The van der Waals surface area contributed by atoms with E-state index >= 15 is 0 Å². The maximum atomic E-state index is 13.6. The molecular formula is C27H28BrClN2O2. The highest BCUT2D eigenvalue weighted by molar-refractivity contribution is 9.10. The largest absolute Gasteiger partial charge is 0.352 e. The van der Waals surface area contributed by atoms with Gasteiger partial charge in [0.1, 0.15) is 6.04 Å². The molecule has 0 spiro atoms. The van der Waals surface area contributed by atoms with Gasteiger partial charge in [-0.1, -0.05) is 88.2 Å². The van der Waals surface area contributed by atoms with E-state index in [9.17, 15) is 9.59 Å². The smallest absolute Gasteiger partial charge is 0.243 e. The molecule has 0 radical (unpaired) electrons. The van der Waals surface area contributed by atoms with E-state index in [1.807, 2.05) is 86.6 Å². The third-order valence-corrected chi connectivity index (χ3v) is 6.17. The lowest BCUT2D eigenvalue weighted by atomic mass is 10.0. The summed E-state index contributed by atoms with van der Waals surface area (Å²) in [6.45, 7) is 4.16. The minimum atomic E-state index is -0.659. The van der Waals surface area contributed by atoms with Crippen LogP contribution >= 0.6 is 27.5 Å². The SMILES string of the molecule is CC(C)NC(=O)[C@H](Cc1ccccc1)N(Cc1ccc(Br)cc1)C(=O)Cc1ccccc1Cl. The molecule has 0 aliphatic carbocycles. The summed E-state index contributed by atoms with van der Waals surface area (Å²) in [5.41, 5.74) is 2.68. The summed E-state index contributed by atoms with van der Waals surface area (Å²) in [7, 11) is 0. The number of nitrogens with one attached hydrogen (secondary N) is 1. The van der Waals surface area contributed by atoms with E-state index in [1.54, 1.807) is 11.0 Å². The van der Waals surface area contributed by atoms with Gasteiger partial charge in [-0.05, 0) is 48.7 Å². The number of nitrogens with zero attached hydrogens (tertiary/aromatic N) is 1. The van der Waals surface area contributed by atoms with E-state index < -0.39 is 6.04 Å². The molecule has 0 aliphatic heterocycles. The molecule has 4 nitrogen and oxygen atoms in total. The monoisotopic (exact) mass is 526 g/mol. The zero-order chi connectivity index (χ0) is 23.8. The van der Waals surface area contributed by atoms with Crippen LogP contribution in [0.2, 0.25) is 5.02 Å². The fourth-order valence-corrected chi connectivity index (χ4v) is 4.09. The summed E-state index contributed by atoms with van der Waals surface area (Å²) in [5, 5.41) is 3.54. The first-order valence-electron chi connectivity index (χ1n) is 10.9. The van der Waals surface area contributed by atoms with E-state index in [-0.39, 0.29) is 24.3 Å². The number of amides is 2. The van der Waals surface area contributed by atoms with Gasteiger partial charge in [-0.15, -0.1) is 0 Å².